The Balaban J connectivity index is 2.04. The normalized spacial score (nSPS) is 11.6. The SMILES string of the molecule is COC(=O)c1c(Cn2c(N)nc3ccccc32)sc2c1c(=O)n(C)c(=O)n2CC(C)C. The van der Waals surface area contributed by atoms with Gasteiger partial charge in [0, 0.05) is 18.5 Å². The molecule has 0 aliphatic carbocycles. The predicted octanol–water partition coefficient (Wildman–Crippen LogP) is 2.18. The van der Waals surface area contributed by atoms with Crippen molar-refractivity contribution in [3.8, 4) is 0 Å². The second kappa shape index (κ2) is 7.69. The molecule has 3 heterocycles. The van der Waals surface area contributed by atoms with E-state index in [-0.39, 0.29) is 23.4 Å². The molecule has 1 aromatic carbocycles. The van der Waals surface area contributed by atoms with Crippen LogP contribution in [0.3, 0.4) is 0 Å². The third-order valence-corrected chi connectivity index (χ3v) is 6.36. The molecule has 4 rings (SSSR count). The second-order valence-corrected chi connectivity index (χ2v) is 8.85. The summed E-state index contributed by atoms with van der Waals surface area (Å²) in [5.41, 5.74) is 6.91. The predicted molar refractivity (Wildman–Crippen MR) is 121 cm³/mol. The van der Waals surface area contributed by atoms with Gasteiger partial charge in [0.2, 0.25) is 5.95 Å². The first-order chi connectivity index (χ1) is 14.7. The molecule has 10 heteroatoms. The molecule has 9 nitrogen and oxygen atoms in total. The van der Waals surface area contributed by atoms with Crippen LogP contribution in [-0.2, 0) is 24.9 Å². The molecule has 0 atom stereocenters. The molecule has 0 unspecified atom stereocenters. The number of thiophene rings is 1. The number of methoxy groups -OCH3 is 1. The molecule has 0 saturated heterocycles. The molecule has 0 aliphatic heterocycles. The zero-order valence-electron chi connectivity index (χ0n) is 17.7. The molecule has 31 heavy (non-hydrogen) atoms. The lowest BCUT2D eigenvalue weighted by atomic mass is 10.1. The van der Waals surface area contributed by atoms with Crippen LogP contribution in [0, 0.1) is 5.92 Å². The number of para-hydroxylation sites is 2. The van der Waals surface area contributed by atoms with E-state index in [1.165, 1.54) is 25.5 Å². The molecule has 4 aromatic rings. The van der Waals surface area contributed by atoms with E-state index in [0.29, 0.717) is 22.2 Å². The maximum absolute atomic E-state index is 13.0. The Morgan fingerprint density at radius 3 is 2.61 bits per heavy atom. The van der Waals surface area contributed by atoms with Gasteiger partial charge in [0.15, 0.2) is 0 Å². The Hall–Kier alpha value is -3.40. The molecule has 0 bridgehead atoms. The Labute approximate surface area is 181 Å². The number of esters is 1. The van der Waals surface area contributed by atoms with Gasteiger partial charge in [-0.15, -0.1) is 11.3 Å². The molecule has 0 aliphatic rings. The van der Waals surface area contributed by atoms with E-state index in [0.717, 1.165) is 15.6 Å². The van der Waals surface area contributed by atoms with E-state index < -0.39 is 17.2 Å². The van der Waals surface area contributed by atoms with Crippen molar-refractivity contribution in [3.63, 3.8) is 0 Å². The summed E-state index contributed by atoms with van der Waals surface area (Å²) in [5, 5.41) is 0.192. The summed E-state index contributed by atoms with van der Waals surface area (Å²) in [6.07, 6.45) is 0. The van der Waals surface area contributed by atoms with Crippen molar-refractivity contribution in [3.05, 3.63) is 55.5 Å². The smallest absolute Gasteiger partial charge is 0.339 e. The van der Waals surface area contributed by atoms with Crippen molar-refractivity contribution in [2.24, 2.45) is 13.0 Å². The molecule has 2 N–H and O–H groups in total. The molecular weight excluding hydrogens is 418 g/mol. The summed E-state index contributed by atoms with van der Waals surface area (Å²) in [4.78, 5) is 44.0. The van der Waals surface area contributed by atoms with Gasteiger partial charge in [-0.2, -0.15) is 0 Å². The Morgan fingerprint density at radius 1 is 1.23 bits per heavy atom. The monoisotopic (exact) mass is 441 g/mol. The van der Waals surface area contributed by atoms with E-state index in [2.05, 4.69) is 4.98 Å². The number of hydrogen-bond acceptors (Lipinski definition) is 7. The number of rotatable bonds is 5. The number of carbonyl (C=O) groups excluding carboxylic acids is 1. The summed E-state index contributed by atoms with van der Waals surface area (Å²) >= 11 is 1.23. The van der Waals surface area contributed by atoms with E-state index in [1.807, 2.05) is 38.1 Å². The van der Waals surface area contributed by atoms with Crippen molar-refractivity contribution in [1.29, 1.82) is 0 Å². The topological polar surface area (TPSA) is 114 Å². The van der Waals surface area contributed by atoms with Crippen molar-refractivity contribution in [2.75, 3.05) is 12.8 Å². The molecule has 0 amide bonds. The molecular formula is C21H23N5O4S. The van der Waals surface area contributed by atoms with Crippen LogP contribution in [0.2, 0.25) is 0 Å². The lowest BCUT2D eigenvalue weighted by molar-refractivity contribution is 0.0602. The zero-order chi connectivity index (χ0) is 22.4. The summed E-state index contributed by atoms with van der Waals surface area (Å²) in [6, 6.07) is 7.48. The first kappa shape index (κ1) is 20.9. The summed E-state index contributed by atoms with van der Waals surface area (Å²) in [5.74, 6) is -0.170. The van der Waals surface area contributed by atoms with Gasteiger partial charge in [-0.1, -0.05) is 26.0 Å². The third kappa shape index (κ3) is 3.32. The van der Waals surface area contributed by atoms with E-state index in [1.54, 1.807) is 9.13 Å². The maximum atomic E-state index is 13.0. The average Bonchev–Trinajstić information content (AvgIpc) is 3.27. The number of carbonyl (C=O) groups is 1. The van der Waals surface area contributed by atoms with Gasteiger partial charge in [-0.05, 0) is 18.1 Å². The van der Waals surface area contributed by atoms with Crippen LogP contribution in [0.5, 0.6) is 0 Å². The van der Waals surface area contributed by atoms with Gasteiger partial charge in [0.05, 0.1) is 35.6 Å². The number of nitrogens with zero attached hydrogens (tertiary/aromatic N) is 4. The molecule has 0 radical (unpaired) electrons. The minimum atomic E-state index is -0.629. The highest BCUT2D eigenvalue weighted by Crippen LogP contribution is 2.32. The number of aromatic nitrogens is 4. The number of nitrogens with two attached hydrogens (primary N) is 1. The van der Waals surface area contributed by atoms with Crippen LogP contribution in [-0.4, -0.2) is 31.8 Å². The van der Waals surface area contributed by atoms with Crippen LogP contribution in [0.4, 0.5) is 5.95 Å². The summed E-state index contributed by atoms with van der Waals surface area (Å²) in [7, 11) is 2.69. The van der Waals surface area contributed by atoms with Gasteiger partial charge in [0.25, 0.3) is 5.56 Å². The van der Waals surface area contributed by atoms with Gasteiger partial charge in [-0.3, -0.25) is 13.9 Å². The minimum Gasteiger partial charge on any atom is -0.465 e. The van der Waals surface area contributed by atoms with Gasteiger partial charge in [-0.25, -0.2) is 14.6 Å². The number of fused-ring (bicyclic) bond motifs is 2. The fourth-order valence-corrected chi connectivity index (χ4v) is 5.00. The Morgan fingerprint density at radius 2 is 1.94 bits per heavy atom. The third-order valence-electron chi connectivity index (χ3n) is 5.17. The molecule has 3 aromatic heterocycles. The highest BCUT2D eigenvalue weighted by Gasteiger charge is 2.27. The largest absolute Gasteiger partial charge is 0.465 e. The Bertz CT molecular complexity index is 1440. The van der Waals surface area contributed by atoms with Gasteiger partial charge < -0.3 is 15.0 Å². The van der Waals surface area contributed by atoms with Crippen molar-refractivity contribution < 1.29 is 9.53 Å². The van der Waals surface area contributed by atoms with Crippen molar-refractivity contribution >= 4 is 44.5 Å². The quantitative estimate of drug-likeness (QED) is 0.475. The fraction of sp³-hybridized carbons (Fsp3) is 0.333. The highest BCUT2D eigenvalue weighted by molar-refractivity contribution is 7.19. The van der Waals surface area contributed by atoms with E-state index in [9.17, 15) is 14.4 Å². The number of nitrogen functional groups attached to an aromatic ring is 1. The average molecular weight is 442 g/mol. The van der Waals surface area contributed by atoms with Gasteiger partial charge in [0.1, 0.15) is 4.83 Å². The number of imidazole rings is 1. The molecule has 0 spiro atoms. The number of anilines is 1. The van der Waals surface area contributed by atoms with E-state index >= 15 is 0 Å². The number of hydrogen-bond donors (Lipinski definition) is 1. The molecule has 162 valence electrons. The van der Waals surface area contributed by atoms with Crippen LogP contribution < -0.4 is 17.0 Å². The standard InChI is InChI=1S/C21H23N5O4S/c1-11(2)9-26-18-16(17(27)24(3)21(26)29)15(19(28)30-4)14(31-18)10-25-13-8-6-5-7-12(13)23-20(25)22/h5-8,11H,9-10H2,1-4H3,(H2,22,23). The summed E-state index contributed by atoms with van der Waals surface area (Å²) < 4.78 is 9.37. The minimum absolute atomic E-state index is 0.165. The van der Waals surface area contributed by atoms with Crippen LogP contribution in [0.1, 0.15) is 29.1 Å². The second-order valence-electron chi connectivity index (χ2n) is 7.77. The van der Waals surface area contributed by atoms with Crippen LogP contribution in [0.25, 0.3) is 21.3 Å². The van der Waals surface area contributed by atoms with E-state index in [4.69, 9.17) is 10.5 Å². The maximum Gasteiger partial charge on any atom is 0.339 e. The van der Waals surface area contributed by atoms with Gasteiger partial charge >= 0.3 is 11.7 Å². The highest BCUT2D eigenvalue weighted by atomic mass is 32.1. The Kier molecular flexibility index (Phi) is 5.18. The van der Waals surface area contributed by atoms with Crippen LogP contribution in [0.15, 0.2) is 33.9 Å². The first-order valence-corrected chi connectivity index (χ1v) is 10.6. The van der Waals surface area contributed by atoms with Crippen molar-refractivity contribution in [2.45, 2.75) is 26.9 Å². The fourth-order valence-electron chi connectivity index (χ4n) is 3.74. The molecule has 0 saturated carbocycles. The van der Waals surface area contributed by atoms with Crippen LogP contribution >= 0.6 is 11.3 Å². The zero-order valence-corrected chi connectivity index (χ0v) is 18.5. The first-order valence-electron chi connectivity index (χ1n) is 9.78. The lowest BCUT2D eigenvalue weighted by Gasteiger charge is -2.11. The molecule has 0 fully saturated rings. The van der Waals surface area contributed by atoms with Crippen molar-refractivity contribution in [1.82, 2.24) is 18.7 Å². The number of ether oxygens (including phenoxy) is 1. The lowest BCUT2D eigenvalue weighted by Crippen LogP contribution is -2.38. The number of benzene rings is 1. The summed E-state index contributed by atoms with van der Waals surface area (Å²) in [6.45, 7) is 4.60.